The molecule has 0 fully saturated rings. The molecule has 0 spiro atoms. The molecule has 2 rings (SSSR count). The summed E-state index contributed by atoms with van der Waals surface area (Å²) >= 11 is 1.68. The lowest BCUT2D eigenvalue weighted by molar-refractivity contribution is -0.111. The molecule has 0 aliphatic carbocycles. The van der Waals surface area contributed by atoms with E-state index in [0.717, 1.165) is 11.1 Å². The van der Waals surface area contributed by atoms with E-state index >= 15 is 0 Å². The number of rotatable bonds is 6. The summed E-state index contributed by atoms with van der Waals surface area (Å²) in [5, 5.41) is 5.69. The largest absolute Gasteiger partial charge is 0.350 e. The first kappa shape index (κ1) is 19.8. The predicted molar refractivity (Wildman–Crippen MR) is 110 cm³/mol. The second kappa shape index (κ2) is 9.25. The van der Waals surface area contributed by atoms with Gasteiger partial charge in [0.1, 0.15) is 0 Å². The van der Waals surface area contributed by atoms with Crippen LogP contribution in [0.4, 0.5) is 5.69 Å². The molecule has 0 aliphatic rings. The molecule has 0 atom stereocenters. The Morgan fingerprint density at radius 3 is 2.35 bits per heavy atom. The Bertz CT molecular complexity index is 811. The number of aryl methyl sites for hydroxylation is 1. The van der Waals surface area contributed by atoms with Gasteiger partial charge in [0.05, 0.1) is 0 Å². The van der Waals surface area contributed by atoms with Crippen LogP contribution >= 0.6 is 11.8 Å². The summed E-state index contributed by atoms with van der Waals surface area (Å²) < 4.78 is 0. The molecule has 2 aromatic carbocycles. The molecular weight excluding hydrogens is 344 g/mol. The van der Waals surface area contributed by atoms with Crippen molar-refractivity contribution in [2.24, 2.45) is 0 Å². The zero-order valence-electron chi connectivity index (χ0n) is 15.5. The summed E-state index contributed by atoms with van der Waals surface area (Å²) in [4.78, 5) is 25.4. The molecule has 2 aromatic rings. The molecule has 2 amide bonds. The Hall–Kier alpha value is -2.53. The maximum Gasteiger partial charge on any atom is 0.251 e. The second-order valence-corrected chi connectivity index (χ2v) is 7.13. The minimum absolute atomic E-state index is 0.0800. The van der Waals surface area contributed by atoms with Crippen molar-refractivity contribution in [3.05, 3.63) is 65.2 Å². The van der Waals surface area contributed by atoms with Crippen molar-refractivity contribution in [2.75, 3.05) is 11.6 Å². The average Bonchev–Trinajstić information content (AvgIpc) is 2.59. The van der Waals surface area contributed by atoms with Gasteiger partial charge in [-0.3, -0.25) is 9.59 Å². The maximum atomic E-state index is 12.1. The fourth-order valence-electron chi connectivity index (χ4n) is 2.41. The average molecular weight is 369 g/mol. The van der Waals surface area contributed by atoms with Crippen molar-refractivity contribution in [3.63, 3.8) is 0 Å². The molecule has 0 radical (unpaired) electrons. The molecule has 0 heterocycles. The smallest absolute Gasteiger partial charge is 0.251 e. The maximum absolute atomic E-state index is 12.1. The van der Waals surface area contributed by atoms with E-state index in [1.807, 2.05) is 51.3 Å². The van der Waals surface area contributed by atoms with Gasteiger partial charge in [-0.15, -0.1) is 11.8 Å². The number of nitrogens with one attached hydrogen (secondary N) is 2. The molecule has 0 saturated heterocycles. The van der Waals surface area contributed by atoms with Crippen molar-refractivity contribution in [1.29, 1.82) is 0 Å². The van der Waals surface area contributed by atoms with Gasteiger partial charge in [-0.1, -0.05) is 12.1 Å². The lowest BCUT2D eigenvalue weighted by Crippen LogP contribution is -2.30. The Balaban J connectivity index is 2.01. The standard InChI is InChI=1S/C21H24N2O2S/c1-14(2)22-21(25)19-11-8-17(13-15(19)3)23-20(24)12-7-16-5-9-18(26-4)10-6-16/h5-14H,1-4H3,(H,22,25)(H,23,24)/b12-7+. The van der Waals surface area contributed by atoms with Crippen molar-refractivity contribution in [2.45, 2.75) is 31.7 Å². The zero-order chi connectivity index (χ0) is 19.1. The van der Waals surface area contributed by atoms with Crippen LogP contribution < -0.4 is 10.6 Å². The van der Waals surface area contributed by atoms with Gasteiger partial charge < -0.3 is 10.6 Å². The van der Waals surface area contributed by atoms with Crippen LogP contribution in [-0.4, -0.2) is 24.1 Å². The first-order valence-corrected chi connectivity index (χ1v) is 9.66. The second-order valence-electron chi connectivity index (χ2n) is 6.25. The highest BCUT2D eigenvalue weighted by atomic mass is 32.2. The molecular formula is C21H24N2O2S. The van der Waals surface area contributed by atoms with Gasteiger partial charge in [-0.25, -0.2) is 0 Å². The van der Waals surface area contributed by atoms with Crippen LogP contribution in [0.2, 0.25) is 0 Å². The van der Waals surface area contributed by atoms with Crippen LogP contribution in [0, 0.1) is 6.92 Å². The molecule has 0 bridgehead atoms. The monoisotopic (exact) mass is 368 g/mol. The van der Waals surface area contributed by atoms with Crippen LogP contribution in [0.15, 0.2) is 53.4 Å². The van der Waals surface area contributed by atoms with Gasteiger partial charge in [0, 0.05) is 28.3 Å². The molecule has 0 unspecified atom stereocenters. The Morgan fingerprint density at radius 1 is 1.08 bits per heavy atom. The number of hydrogen-bond donors (Lipinski definition) is 2. The number of amides is 2. The summed E-state index contributed by atoms with van der Waals surface area (Å²) in [6, 6.07) is 13.3. The van der Waals surface area contributed by atoms with E-state index < -0.39 is 0 Å². The third-order valence-electron chi connectivity index (χ3n) is 3.70. The SMILES string of the molecule is CSc1ccc(/C=C/C(=O)Nc2ccc(C(=O)NC(C)C)c(C)c2)cc1. The van der Waals surface area contributed by atoms with E-state index in [2.05, 4.69) is 10.6 Å². The number of hydrogen-bond acceptors (Lipinski definition) is 3. The molecule has 136 valence electrons. The summed E-state index contributed by atoms with van der Waals surface area (Å²) in [6.07, 6.45) is 5.30. The molecule has 26 heavy (non-hydrogen) atoms. The highest BCUT2D eigenvalue weighted by Gasteiger charge is 2.10. The van der Waals surface area contributed by atoms with Crippen LogP contribution in [0.3, 0.4) is 0 Å². The number of carbonyl (C=O) groups is 2. The minimum atomic E-state index is -0.210. The normalized spacial score (nSPS) is 11.0. The van der Waals surface area contributed by atoms with E-state index in [9.17, 15) is 9.59 Å². The van der Waals surface area contributed by atoms with E-state index in [1.165, 1.54) is 11.0 Å². The summed E-state index contributed by atoms with van der Waals surface area (Å²) in [5.74, 6) is -0.318. The zero-order valence-corrected chi connectivity index (χ0v) is 16.3. The predicted octanol–water partition coefficient (Wildman–Crippen LogP) is 4.51. The van der Waals surface area contributed by atoms with E-state index in [4.69, 9.17) is 0 Å². The van der Waals surface area contributed by atoms with Gasteiger partial charge in [0.25, 0.3) is 5.91 Å². The van der Waals surface area contributed by atoms with Crippen LogP contribution in [0.5, 0.6) is 0 Å². The van der Waals surface area contributed by atoms with Crippen molar-refractivity contribution >= 4 is 35.3 Å². The fourth-order valence-corrected chi connectivity index (χ4v) is 2.82. The molecule has 5 heteroatoms. The molecule has 0 aromatic heterocycles. The van der Waals surface area contributed by atoms with Crippen molar-refractivity contribution in [1.82, 2.24) is 5.32 Å². The number of benzene rings is 2. The first-order chi connectivity index (χ1) is 12.4. The summed E-state index contributed by atoms with van der Waals surface area (Å²) in [6.45, 7) is 5.69. The van der Waals surface area contributed by atoms with E-state index in [1.54, 1.807) is 36.0 Å². The number of thioether (sulfide) groups is 1. The van der Waals surface area contributed by atoms with Gasteiger partial charge in [-0.2, -0.15) is 0 Å². The van der Waals surface area contributed by atoms with E-state index in [-0.39, 0.29) is 17.9 Å². The third-order valence-corrected chi connectivity index (χ3v) is 4.44. The third kappa shape index (κ3) is 5.77. The van der Waals surface area contributed by atoms with Crippen LogP contribution in [-0.2, 0) is 4.79 Å². The Kier molecular flexibility index (Phi) is 7.04. The summed E-state index contributed by atoms with van der Waals surface area (Å²) in [5.41, 5.74) is 3.06. The molecule has 2 N–H and O–H groups in total. The molecule has 4 nitrogen and oxygen atoms in total. The topological polar surface area (TPSA) is 58.2 Å². The highest BCUT2D eigenvalue weighted by molar-refractivity contribution is 7.98. The van der Waals surface area contributed by atoms with E-state index in [0.29, 0.717) is 11.3 Å². The number of anilines is 1. The van der Waals surface area contributed by atoms with Crippen molar-refractivity contribution in [3.8, 4) is 0 Å². The number of carbonyl (C=O) groups excluding carboxylic acids is 2. The van der Waals surface area contributed by atoms with Crippen molar-refractivity contribution < 1.29 is 9.59 Å². The Morgan fingerprint density at radius 2 is 1.77 bits per heavy atom. The van der Waals surface area contributed by atoms with Gasteiger partial charge >= 0.3 is 0 Å². The van der Waals surface area contributed by atoms with Gasteiger partial charge in [-0.05, 0) is 74.6 Å². The quantitative estimate of drug-likeness (QED) is 0.583. The fraction of sp³-hybridized carbons (Fsp3) is 0.238. The first-order valence-electron chi connectivity index (χ1n) is 8.43. The lowest BCUT2D eigenvalue weighted by atomic mass is 10.1. The van der Waals surface area contributed by atoms with Gasteiger partial charge in [0.2, 0.25) is 5.91 Å². The Labute approximate surface area is 159 Å². The summed E-state index contributed by atoms with van der Waals surface area (Å²) in [7, 11) is 0. The van der Waals surface area contributed by atoms with Gasteiger partial charge in [0.15, 0.2) is 0 Å². The van der Waals surface area contributed by atoms with Crippen LogP contribution in [0.25, 0.3) is 6.08 Å². The highest BCUT2D eigenvalue weighted by Crippen LogP contribution is 2.17. The molecule has 0 aliphatic heterocycles. The lowest BCUT2D eigenvalue weighted by Gasteiger charge is -2.11. The minimum Gasteiger partial charge on any atom is -0.350 e. The van der Waals surface area contributed by atoms with Crippen LogP contribution in [0.1, 0.15) is 35.3 Å². The molecule has 0 saturated carbocycles.